The molecule has 0 N–H and O–H groups in total. The van der Waals surface area contributed by atoms with Crippen LogP contribution in [0.1, 0.15) is 58.8 Å². The average Bonchev–Trinajstić information content (AvgIpc) is 3.89. The number of halogens is 1. The summed E-state index contributed by atoms with van der Waals surface area (Å²) in [5.74, 6) is 1.63. The van der Waals surface area contributed by atoms with Crippen molar-refractivity contribution in [1.82, 2.24) is 49.5 Å². The molecule has 0 saturated carbocycles. The first kappa shape index (κ1) is 45.0. The van der Waals surface area contributed by atoms with Crippen LogP contribution >= 0.6 is 11.6 Å². The Morgan fingerprint density at radius 1 is 0.603 bits per heavy atom. The molecule has 0 unspecified atom stereocenters. The van der Waals surface area contributed by atoms with Gasteiger partial charge in [0.2, 0.25) is 11.1 Å². The molecular formula is C47H52ClN11O2Si2. The van der Waals surface area contributed by atoms with Crippen LogP contribution < -0.4 is 0 Å². The van der Waals surface area contributed by atoms with Gasteiger partial charge < -0.3 is 8.85 Å². The number of hydrogen-bond donors (Lipinski definition) is 0. The second kappa shape index (κ2) is 18.0. The monoisotopic (exact) mass is 893 g/mol. The largest absolute Gasteiger partial charge is 0.411 e. The van der Waals surface area contributed by atoms with Crippen LogP contribution in [0.25, 0.3) is 56.0 Å². The van der Waals surface area contributed by atoms with Crippen molar-refractivity contribution < 1.29 is 8.85 Å². The summed E-state index contributed by atoms with van der Waals surface area (Å²) in [6, 6.07) is 29.5. The van der Waals surface area contributed by atoms with Crippen LogP contribution in [0.3, 0.4) is 0 Å². The molecule has 0 spiro atoms. The molecule has 0 saturated heterocycles. The van der Waals surface area contributed by atoms with E-state index in [2.05, 4.69) is 97.9 Å². The number of nitriles is 1. The third-order valence-corrected chi connectivity index (χ3v) is 21.0. The first-order chi connectivity index (χ1) is 29.8. The van der Waals surface area contributed by atoms with Gasteiger partial charge in [-0.15, -0.1) is 0 Å². The molecule has 6 aromatic heterocycles. The summed E-state index contributed by atoms with van der Waals surface area (Å²) in [6.07, 6.45) is 6.90. The van der Waals surface area contributed by atoms with Gasteiger partial charge in [0.05, 0.1) is 59.4 Å². The summed E-state index contributed by atoms with van der Waals surface area (Å²) < 4.78 is 16.4. The van der Waals surface area contributed by atoms with Crippen LogP contribution in [-0.4, -0.2) is 66.1 Å². The maximum absolute atomic E-state index is 9.10. The van der Waals surface area contributed by atoms with Gasteiger partial charge in [-0.2, -0.15) is 15.5 Å². The van der Waals surface area contributed by atoms with Gasteiger partial charge in [0, 0.05) is 34.3 Å². The second-order valence-corrected chi connectivity index (χ2v) is 28.3. The molecule has 13 nitrogen and oxygen atoms in total. The van der Waals surface area contributed by atoms with E-state index in [9.17, 15) is 0 Å². The second-order valence-electron chi connectivity index (χ2n) is 18.3. The molecule has 0 fully saturated rings. The minimum Gasteiger partial charge on any atom is -0.411 e. The average molecular weight is 895 g/mol. The molecule has 0 bridgehead atoms. The highest BCUT2D eigenvalue weighted by Gasteiger charge is 2.38. The first-order valence-electron chi connectivity index (χ1n) is 20.7. The van der Waals surface area contributed by atoms with E-state index in [1.54, 1.807) is 18.5 Å². The first-order valence-corrected chi connectivity index (χ1v) is 26.9. The van der Waals surface area contributed by atoms with Crippen molar-refractivity contribution in [3.63, 3.8) is 0 Å². The minimum atomic E-state index is -1.87. The molecule has 63 heavy (non-hydrogen) atoms. The lowest BCUT2D eigenvalue weighted by Crippen LogP contribution is -2.40. The standard InChI is InChI=1S/C24H26N6OSi.C23H26ClN5OSi/c1-24(2,3)32(4,5)31-16-19-7-6-8-23(28-19)30-21-13-17(9-10-18(21)15-27-30)20-11-12-26-22(14-25)29-20;1-23(2,3)31(4,5)30-15-18-7-6-8-21(27-18)29-20-13-16(9-10-17(20)14-26-29)19-11-12-25-22(24)28-19/h6-13,15H,16H2,1-5H3;6-14H,15H2,1-5H3. The molecule has 0 atom stereocenters. The van der Waals surface area contributed by atoms with Crippen molar-refractivity contribution in [1.29, 1.82) is 5.26 Å². The molecular weight excluding hydrogens is 842 g/mol. The SMILES string of the molecule is CC(C)(C)[Si](C)(C)OCc1cccc(-n2ncc3ccc(-c4ccnc(C#N)n4)cc32)n1.CC(C)(C)[Si](C)(C)OCc1cccc(-n2ncc3ccc(-c4ccnc(Cl)n4)cc32)n1. The number of fused-ring (bicyclic) bond motifs is 2. The van der Waals surface area contributed by atoms with Crippen molar-refractivity contribution >= 4 is 50.0 Å². The van der Waals surface area contributed by atoms with Crippen LogP contribution in [0.4, 0.5) is 0 Å². The Balaban J connectivity index is 0.000000189. The number of rotatable bonds is 10. The predicted molar refractivity (Wildman–Crippen MR) is 253 cm³/mol. The fourth-order valence-corrected chi connectivity index (χ4v) is 8.09. The Morgan fingerprint density at radius 3 is 1.51 bits per heavy atom. The summed E-state index contributed by atoms with van der Waals surface area (Å²) in [4.78, 5) is 26.2. The van der Waals surface area contributed by atoms with Crippen LogP contribution in [0.15, 0.2) is 110 Å². The number of hydrogen-bond acceptors (Lipinski definition) is 11. The van der Waals surface area contributed by atoms with Gasteiger partial charge in [-0.05, 0) is 96.4 Å². The van der Waals surface area contributed by atoms with Gasteiger partial charge >= 0.3 is 0 Å². The Kier molecular flexibility index (Phi) is 12.9. The van der Waals surface area contributed by atoms with Crippen molar-refractivity contribution in [2.75, 3.05) is 0 Å². The van der Waals surface area contributed by atoms with E-state index in [4.69, 9.17) is 35.7 Å². The quantitative estimate of drug-likeness (QED) is 0.0951. The molecule has 322 valence electrons. The van der Waals surface area contributed by atoms with Crippen molar-refractivity contribution in [2.24, 2.45) is 0 Å². The highest BCUT2D eigenvalue weighted by Crippen LogP contribution is 2.38. The normalized spacial score (nSPS) is 12.3. The number of aromatic nitrogens is 10. The zero-order valence-corrected chi connectivity index (χ0v) is 40.2. The Labute approximate surface area is 375 Å². The van der Waals surface area contributed by atoms with Crippen molar-refractivity contribution in [2.45, 2.75) is 91.0 Å². The van der Waals surface area contributed by atoms with E-state index in [1.807, 2.05) is 107 Å². The van der Waals surface area contributed by atoms with Crippen LogP contribution in [-0.2, 0) is 22.1 Å². The van der Waals surface area contributed by atoms with E-state index >= 15 is 0 Å². The maximum atomic E-state index is 9.10. The molecule has 0 radical (unpaired) electrons. The summed E-state index contributed by atoms with van der Waals surface area (Å²) >= 11 is 5.97. The zero-order chi connectivity index (χ0) is 45.2. The smallest absolute Gasteiger partial charge is 0.232 e. The van der Waals surface area contributed by atoms with E-state index < -0.39 is 16.6 Å². The summed E-state index contributed by atoms with van der Waals surface area (Å²) in [7, 11) is -3.72. The van der Waals surface area contributed by atoms with Crippen LogP contribution in [0, 0.1) is 11.3 Å². The molecule has 16 heteroatoms. The van der Waals surface area contributed by atoms with Gasteiger partial charge in [-0.3, -0.25) is 0 Å². The fourth-order valence-electron chi connectivity index (χ4n) is 6.06. The molecule has 8 aromatic rings. The summed E-state index contributed by atoms with van der Waals surface area (Å²) in [5.41, 5.74) is 6.91. The van der Waals surface area contributed by atoms with E-state index in [0.29, 0.717) is 18.9 Å². The summed E-state index contributed by atoms with van der Waals surface area (Å²) in [5, 5.41) is 20.8. The van der Waals surface area contributed by atoms with E-state index in [1.165, 1.54) is 0 Å². The van der Waals surface area contributed by atoms with Gasteiger partial charge in [-0.1, -0.05) is 77.9 Å². The number of nitrogens with zero attached hydrogens (tertiary/aromatic N) is 11. The lowest BCUT2D eigenvalue weighted by atomic mass is 10.1. The maximum Gasteiger partial charge on any atom is 0.232 e. The highest BCUT2D eigenvalue weighted by atomic mass is 35.5. The zero-order valence-electron chi connectivity index (χ0n) is 37.4. The third kappa shape index (κ3) is 10.3. The van der Waals surface area contributed by atoms with Crippen LogP contribution in [0.2, 0.25) is 41.5 Å². The molecule has 0 aliphatic heterocycles. The fraction of sp³-hybridized carbons (Fsp3) is 0.298. The molecule has 2 aromatic carbocycles. The van der Waals surface area contributed by atoms with Gasteiger partial charge in [0.15, 0.2) is 28.3 Å². The summed E-state index contributed by atoms with van der Waals surface area (Å²) in [6.45, 7) is 23.4. The topological polar surface area (TPSA) is 155 Å². The number of benzene rings is 2. The van der Waals surface area contributed by atoms with Gasteiger partial charge in [0.1, 0.15) is 6.07 Å². The minimum absolute atomic E-state index is 0.144. The Morgan fingerprint density at radius 2 is 1.06 bits per heavy atom. The van der Waals surface area contributed by atoms with Crippen LogP contribution in [0.5, 0.6) is 0 Å². The predicted octanol–water partition coefficient (Wildman–Crippen LogP) is 11.3. The van der Waals surface area contributed by atoms with E-state index in [-0.39, 0.29) is 21.2 Å². The third-order valence-electron chi connectivity index (χ3n) is 11.9. The Hall–Kier alpha value is -6.03. The molecule has 0 amide bonds. The van der Waals surface area contributed by atoms with E-state index in [0.717, 1.165) is 61.7 Å². The molecule has 0 aliphatic rings. The molecule has 0 aliphatic carbocycles. The highest BCUT2D eigenvalue weighted by molar-refractivity contribution is 6.74. The lowest BCUT2D eigenvalue weighted by molar-refractivity contribution is 0.272. The van der Waals surface area contributed by atoms with Gasteiger partial charge in [-0.25, -0.2) is 39.3 Å². The van der Waals surface area contributed by atoms with Crippen molar-refractivity contribution in [3.8, 4) is 40.2 Å². The Bertz CT molecular complexity index is 2950. The van der Waals surface area contributed by atoms with Gasteiger partial charge in [0.25, 0.3) is 0 Å². The molecule has 8 rings (SSSR count). The lowest BCUT2D eigenvalue weighted by Gasteiger charge is -2.36. The molecule has 6 heterocycles. The number of pyridine rings is 2. The van der Waals surface area contributed by atoms with Crippen molar-refractivity contribution in [3.05, 3.63) is 132 Å².